The Morgan fingerprint density at radius 3 is 2.42 bits per heavy atom. The van der Waals surface area contributed by atoms with Gasteiger partial charge in [-0.2, -0.15) is 0 Å². The number of hydrogen-bond donors (Lipinski definition) is 2. The van der Waals surface area contributed by atoms with Crippen LogP contribution in [0.4, 0.5) is 5.82 Å². The van der Waals surface area contributed by atoms with Crippen LogP contribution in [0.15, 0.2) is 12.1 Å². The van der Waals surface area contributed by atoms with Gasteiger partial charge in [0.15, 0.2) is 11.5 Å². The van der Waals surface area contributed by atoms with Crippen molar-refractivity contribution in [2.45, 2.75) is 37.8 Å². The highest BCUT2D eigenvalue weighted by Gasteiger charge is 2.41. The standard InChI is InChI=1S/C13H17N3O3/c17-7-8-5-9-1-2-10(6-8)16(9)12-4-3-11(13(18)19)14-15-12/h3-4,8-10,17H,1-2,5-7H2,(H,18,19)/t8?,9-,10+. The van der Waals surface area contributed by atoms with Crippen molar-refractivity contribution in [1.82, 2.24) is 10.2 Å². The van der Waals surface area contributed by atoms with E-state index in [-0.39, 0.29) is 12.3 Å². The van der Waals surface area contributed by atoms with E-state index in [2.05, 4.69) is 15.1 Å². The lowest BCUT2D eigenvalue weighted by atomic mass is 9.91. The summed E-state index contributed by atoms with van der Waals surface area (Å²) in [5.41, 5.74) is -0.0265. The van der Waals surface area contributed by atoms with Gasteiger partial charge in [-0.1, -0.05) is 0 Å². The molecule has 2 bridgehead atoms. The average Bonchev–Trinajstić information content (AvgIpc) is 2.69. The van der Waals surface area contributed by atoms with Crippen molar-refractivity contribution in [3.63, 3.8) is 0 Å². The summed E-state index contributed by atoms with van der Waals surface area (Å²) in [6, 6.07) is 4.05. The van der Waals surface area contributed by atoms with Crippen molar-refractivity contribution in [1.29, 1.82) is 0 Å². The van der Waals surface area contributed by atoms with Crippen LogP contribution in [0.1, 0.15) is 36.2 Å². The summed E-state index contributed by atoms with van der Waals surface area (Å²) in [6.45, 7) is 0.254. The van der Waals surface area contributed by atoms with Gasteiger partial charge in [0.05, 0.1) is 0 Å². The Hall–Kier alpha value is -1.69. The van der Waals surface area contributed by atoms with Gasteiger partial charge in [-0.25, -0.2) is 4.79 Å². The molecule has 2 aliphatic heterocycles. The number of nitrogens with zero attached hydrogens (tertiary/aromatic N) is 3. The minimum absolute atomic E-state index is 0.0265. The number of carboxylic acids is 1. The average molecular weight is 263 g/mol. The molecule has 0 aromatic carbocycles. The number of rotatable bonds is 3. The molecule has 1 unspecified atom stereocenters. The minimum Gasteiger partial charge on any atom is -0.476 e. The number of piperidine rings is 1. The number of aliphatic hydroxyl groups is 1. The third-order valence-corrected chi connectivity index (χ3v) is 4.22. The predicted octanol–water partition coefficient (Wildman–Crippen LogP) is 0.914. The molecule has 0 saturated carbocycles. The Labute approximate surface area is 111 Å². The number of aromatic nitrogens is 2. The number of fused-ring (bicyclic) bond motifs is 2. The van der Waals surface area contributed by atoms with Crippen LogP contribution in [0.5, 0.6) is 0 Å². The fourth-order valence-corrected chi connectivity index (χ4v) is 3.39. The molecule has 3 heterocycles. The van der Waals surface area contributed by atoms with Crippen molar-refractivity contribution in [2.75, 3.05) is 11.5 Å². The second kappa shape index (κ2) is 4.77. The molecule has 3 atom stereocenters. The molecular weight excluding hydrogens is 246 g/mol. The fraction of sp³-hybridized carbons (Fsp3) is 0.615. The molecule has 6 nitrogen and oxygen atoms in total. The Morgan fingerprint density at radius 2 is 1.95 bits per heavy atom. The third kappa shape index (κ3) is 2.16. The van der Waals surface area contributed by atoms with Crippen LogP contribution in [-0.2, 0) is 0 Å². The van der Waals surface area contributed by atoms with Crippen molar-refractivity contribution < 1.29 is 15.0 Å². The summed E-state index contributed by atoms with van der Waals surface area (Å²) in [4.78, 5) is 13.0. The van der Waals surface area contributed by atoms with Gasteiger partial charge in [0, 0.05) is 18.7 Å². The summed E-state index contributed by atoms with van der Waals surface area (Å²) < 4.78 is 0. The van der Waals surface area contributed by atoms with Crippen LogP contribution in [0.3, 0.4) is 0 Å². The number of hydrogen-bond acceptors (Lipinski definition) is 5. The molecule has 1 aromatic heterocycles. The molecule has 0 spiro atoms. The molecule has 0 amide bonds. The largest absolute Gasteiger partial charge is 0.476 e. The predicted molar refractivity (Wildman–Crippen MR) is 68.1 cm³/mol. The molecular formula is C13H17N3O3. The van der Waals surface area contributed by atoms with Crippen LogP contribution >= 0.6 is 0 Å². The van der Waals surface area contributed by atoms with Gasteiger partial charge in [-0.3, -0.25) is 0 Å². The molecule has 0 radical (unpaired) electrons. The van der Waals surface area contributed by atoms with Gasteiger partial charge < -0.3 is 15.1 Å². The zero-order valence-corrected chi connectivity index (χ0v) is 10.6. The van der Waals surface area contributed by atoms with Crippen molar-refractivity contribution in [3.8, 4) is 0 Å². The summed E-state index contributed by atoms with van der Waals surface area (Å²) in [7, 11) is 0. The highest BCUT2D eigenvalue weighted by atomic mass is 16.4. The monoisotopic (exact) mass is 263 g/mol. The van der Waals surface area contributed by atoms with E-state index in [9.17, 15) is 9.90 Å². The van der Waals surface area contributed by atoms with E-state index < -0.39 is 5.97 Å². The number of aromatic carboxylic acids is 1. The highest BCUT2D eigenvalue weighted by Crippen LogP contribution is 2.40. The molecule has 2 saturated heterocycles. The van der Waals surface area contributed by atoms with E-state index in [0.29, 0.717) is 18.0 Å². The molecule has 0 aliphatic carbocycles. The second-order valence-electron chi connectivity index (χ2n) is 5.39. The Kier molecular flexibility index (Phi) is 3.10. The van der Waals surface area contributed by atoms with Crippen LogP contribution in [0.25, 0.3) is 0 Å². The van der Waals surface area contributed by atoms with Crippen LogP contribution in [0.2, 0.25) is 0 Å². The SMILES string of the molecule is O=C(O)c1ccc(N2[C@@H]3CC[C@H]2CC(CO)C3)nn1. The maximum Gasteiger partial charge on any atom is 0.356 e. The first-order valence-corrected chi connectivity index (χ1v) is 6.65. The second-order valence-corrected chi connectivity index (χ2v) is 5.39. The van der Waals surface area contributed by atoms with Gasteiger partial charge in [0.1, 0.15) is 0 Å². The van der Waals surface area contributed by atoms with Crippen LogP contribution in [0, 0.1) is 5.92 Å². The van der Waals surface area contributed by atoms with E-state index in [4.69, 9.17) is 5.11 Å². The van der Waals surface area contributed by atoms with Crippen molar-refractivity contribution in [2.24, 2.45) is 5.92 Å². The lowest BCUT2D eigenvalue weighted by Gasteiger charge is -2.39. The molecule has 3 rings (SSSR count). The Morgan fingerprint density at radius 1 is 1.26 bits per heavy atom. The fourth-order valence-electron chi connectivity index (χ4n) is 3.39. The van der Waals surface area contributed by atoms with E-state index in [1.165, 1.54) is 6.07 Å². The van der Waals surface area contributed by atoms with E-state index in [1.807, 2.05) is 0 Å². The van der Waals surface area contributed by atoms with E-state index in [1.54, 1.807) is 6.07 Å². The maximum atomic E-state index is 10.8. The molecule has 6 heteroatoms. The number of carboxylic acid groups (broad SMARTS) is 1. The van der Waals surface area contributed by atoms with Gasteiger partial charge >= 0.3 is 5.97 Å². The number of carbonyl (C=O) groups is 1. The van der Waals surface area contributed by atoms with Gasteiger partial charge in [0.2, 0.25) is 0 Å². The summed E-state index contributed by atoms with van der Waals surface area (Å²) in [6.07, 6.45) is 4.19. The first kappa shape index (κ1) is 12.3. The Bertz CT molecular complexity index is 463. The zero-order valence-electron chi connectivity index (χ0n) is 10.6. The topological polar surface area (TPSA) is 86.5 Å². The molecule has 19 heavy (non-hydrogen) atoms. The molecule has 102 valence electrons. The van der Waals surface area contributed by atoms with Gasteiger partial charge in [-0.05, 0) is 43.7 Å². The molecule has 2 aliphatic rings. The first-order valence-electron chi connectivity index (χ1n) is 6.65. The Balaban J connectivity index is 1.81. The minimum atomic E-state index is -1.05. The van der Waals surface area contributed by atoms with Crippen LogP contribution < -0.4 is 4.90 Å². The summed E-state index contributed by atoms with van der Waals surface area (Å²) in [5, 5.41) is 25.9. The summed E-state index contributed by atoms with van der Waals surface area (Å²) in [5.74, 6) is 0.0925. The third-order valence-electron chi connectivity index (χ3n) is 4.22. The van der Waals surface area contributed by atoms with Gasteiger partial charge in [0.25, 0.3) is 0 Å². The zero-order chi connectivity index (χ0) is 13.4. The quantitative estimate of drug-likeness (QED) is 0.843. The van der Waals surface area contributed by atoms with Crippen molar-refractivity contribution >= 4 is 11.8 Å². The lowest BCUT2D eigenvalue weighted by molar-refractivity contribution is 0.0689. The lowest BCUT2D eigenvalue weighted by Crippen LogP contribution is -2.44. The molecule has 2 N–H and O–H groups in total. The first-order chi connectivity index (χ1) is 9.19. The number of aliphatic hydroxyl groups excluding tert-OH is 1. The van der Waals surface area contributed by atoms with E-state index >= 15 is 0 Å². The normalized spacial score (nSPS) is 29.5. The molecule has 1 aromatic rings. The number of anilines is 1. The van der Waals surface area contributed by atoms with Crippen LogP contribution in [-0.4, -0.2) is 45.1 Å². The smallest absolute Gasteiger partial charge is 0.356 e. The van der Waals surface area contributed by atoms with Gasteiger partial charge in [-0.15, -0.1) is 10.2 Å². The van der Waals surface area contributed by atoms with E-state index in [0.717, 1.165) is 31.5 Å². The summed E-state index contributed by atoms with van der Waals surface area (Å²) >= 11 is 0. The highest BCUT2D eigenvalue weighted by molar-refractivity contribution is 5.85. The maximum absolute atomic E-state index is 10.8. The molecule has 2 fully saturated rings. The van der Waals surface area contributed by atoms with Crippen molar-refractivity contribution in [3.05, 3.63) is 17.8 Å².